The number of amides is 1. The molecule has 0 unspecified atom stereocenters. The summed E-state index contributed by atoms with van der Waals surface area (Å²) < 4.78 is 11.7. The third-order valence-corrected chi connectivity index (χ3v) is 1.84. The van der Waals surface area contributed by atoms with Gasteiger partial charge in [-0.15, -0.1) is 0 Å². The Balaban J connectivity index is 2.31. The largest absolute Gasteiger partial charge is 0.399 e. The number of carbonyl (C=O) groups is 1. The summed E-state index contributed by atoms with van der Waals surface area (Å²) in [4.78, 5) is 10.6. The SMILES string of the molecule is Nc1ccc(CCNC(=O)CF)cc1. The predicted octanol–water partition coefficient (Wildman–Crippen LogP) is 0.897. The first-order valence-electron chi connectivity index (χ1n) is 4.39. The highest BCUT2D eigenvalue weighted by atomic mass is 19.1. The molecule has 0 radical (unpaired) electrons. The average Bonchev–Trinajstić information content (AvgIpc) is 2.21. The molecule has 0 aliphatic rings. The van der Waals surface area contributed by atoms with Gasteiger partial charge in [-0.3, -0.25) is 4.79 Å². The first kappa shape index (κ1) is 10.5. The Labute approximate surface area is 82.1 Å². The van der Waals surface area contributed by atoms with Crippen LogP contribution in [0.4, 0.5) is 10.1 Å². The number of nitrogens with one attached hydrogen (secondary N) is 1. The van der Waals surface area contributed by atoms with Crippen LogP contribution in [-0.4, -0.2) is 19.1 Å². The molecule has 1 aromatic carbocycles. The van der Waals surface area contributed by atoms with Crippen LogP contribution in [0.2, 0.25) is 0 Å². The molecular weight excluding hydrogens is 183 g/mol. The molecule has 76 valence electrons. The van der Waals surface area contributed by atoms with Gasteiger partial charge in [0.05, 0.1) is 0 Å². The zero-order valence-corrected chi connectivity index (χ0v) is 7.79. The Kier molecular flexibility index (Phi) is 3.91. The summed E-state index contributed by atoms with van der Waals surface area (Å²) in [6.07, 6.45) is 0.687. The second-order valence-electron chi connectivity index (χ2n) is 2.98. The van der Waals surface area contributed by atoms with Crippen LogP contribution in [0, 0.1) is 0 Å². The fraction of sp³-hybridized carbons (Fsp3) is 0.300. The fourth-order valence-electron chi connectivity index (χ4n) is 1.08. The first-order valence-corrected chi connectivity index (χ1v) is 4.39. The highest BCUT2D eigenvalue weighted by molar-refractivity contribution is 5.76. The van der Waals surface area contributed by atoms with Crippen molar-refractivity contribution in [3.05, 3.63) is 29.8 Å². The number of nitrogens with two attached hydrogens (primary N) is 1. The second-order valence-corrected chi connectivity index (χ2v) is 2.98. The number of hydrogen-bond acceptors (Lipinski definition) is 2. The summed E-state index contributed by atoms with van der Waals surface area (Å²) in [6, 6.07) is 7.37. The number of alkyl halides is 1. The van der Waals surface area contributed by atoms with Gasteiger partial charge in [0.25, 0.3) is 5.91 Å². The van der Waals surface area contributed by atoms with Gasteiger partial charge in [0.1, 0.15) is 0 Å². The lowest BCUT2D eigenvalue weighted by molar-refractivity contribution is -0.121. The molecule has 0 heterocycles. The highest BCUT2D eigenvalue weighted by Gasteiger charge is 1.98. The Morgan fingerprint density at radius 2 is 2.00 bits per heavy atom. The van der Waals surface area contributed by atoms with E-state index < -0.39 is 12.6 Å². The number of halogens is 1. The van der Waals surface area contributed by atoms with E-state index >= 15 is 0 Å². The van der Waals surface area contributed by atoms with Crippen LogP contribution >= 0.6 is 0 Å². The lowest BCUT2D eigenvalue weighted by atomic mass is 10.1. The van der Waals surface area contributed by atoms with Crippen molar-refractivity contribution in [1.82, 2.24) is 5.32 Å². The van der Waals surface area contributed by atoms with Crippen LogP contribution in [0.1, 0.15) is 5.56 Å². The molecule has 0 spiro atoms. The number of carbonyl (C=O) groups excluding carboxylic acids is 1. The summed E-state index contributed by atoms with van der Waals surface area (Å²) in [6.45, 7) is -0.506. The minimum Gasteiger partial charge on any atom is -0.399 e. The Morgan fingerprint density at radius 1 is 1.36 bits per heavy atom. The van der Waals surface area contributed by atoms with Crippen LogP contribution in [0.5, 0.6) is 0 Å². The van der Waals surface area contributed by atoms with Gasteiger partial charge in [-0.05, 0) is 24.1 Å². The fourth-order valence-corrected chi connectivity index (χ4v) is 1.08. The molecule has 0 bridgehead atoms. The molecule has 1 amide bonds. The number of anilines is 1. The van der Waals surface area contributed by atoms with E-state index in [1.165, 1.54) is 0 Å². The summed E-state index contributed by atoms with van der Waals surface area (Å²) in [7, 11) is 0. The molecule has 3 N–H and O–H groups in total. The molecule has 0 saturated heterocycles. The smallest absolute Gasteiger partial charge is 0.251 e. The van der Waals surface area contributed by atoms with Crippen molar-refractivity contribution in [2.45, 2.75) is 6.42 Å². The summed E-state index contributed by atoms with van der Waals surface area (Å²) in [5, 5.41) is 2.45. The zero-order chi connectivity index (χ0) is 10.4. The Hall–Kier alpha value is -1.58. The van der Waals surface area contributed by atoms with E-state index in [0.29, 0.717) is 18.7 Å². The van der Waals surface area contributed by atoms with Crippen LogP contribution in [0.25, 0.3) is 0 Å². The van der Waals surface area contributed by atoms with Gasteiger partial charge >= 0.3 is 0 Å². The molecule has 0 saturated carbocycles. The normalized spacial score (nSPS) is 9.79. The lowest BCUT2D eigenvalue weighted by Crippen LogP contribution is -2.26. The van der Waals surface area contributed by atoms with E-state index in [1.807, 2.05) is 12.1 Å². The summed E-state index contributed by atoms with van der Waals surface area (Å²) in [5.74, 6) is -0.569. The Bertz CT molecular complexity index is 297. The molecule has 4 heteroatoms. The van der Waals surface area contributed by atoms with E-state index in [2.05, 4.69) is 5.32 Å². The first-order chi connectivity index (χ1) is 6.72. The molecule has 1 aromatic rings. The molecule has 14 heavy (non-hydrogen) atoms. The van der Waals surface area contributed by atoms with Gasteiger partial charge < -0.3 is 11.1 Å². The van der Waals surface area contributed by atoms with Crippen molar-refractivity contribution in [2.24, 2.45) is 0 Å². The van der Waals surface area contributed by atoms with Crippen molar-refractivity contribution in [2.75, 3.05) is 19.0 Å². The molecule has 1 rings (SSSR count). The van der Waals surface area contributed by atoms with Crippen molar-refractivity contribution in [3.63, 3.8) is 0 Å². The van der Waals surface area contributed by atoms with Crippen molar-refractivity contribution < 1.29 is 9.18 Å². The monoisotopic (exact) mass is 196 g/mol. The maximum Gasteiger partial charge on any atom is 0.251 e. The predicted molar refractivity (Wildman–Crippen MR) is 53.5 cm³/mol. The molecule has 0 fully saturated rings. The maximum absolute atomic E-state index is 11.7. The van der Waals surface area contributed by atoms with Crippen molar-refractivity contribution in [1.29, 1.82) is 0 Å². The van der Waals surface area contributed by atoms with Crippen LogP contribution in [0.3, 0.4) is 0 Å². The van der Waals surface area contributed by atoms with E-state index in [0.717, 1.165) is 5.56 Å². The minimum absolute atomic E-state index is 0.451. The van der Waals surface area contributed by atoms with Crippen LogP contribution in [0.15, 0.2) is 24.3 Å². The minimum atomic E-state index is -0.957. The van der Waals surface area contributed by atoms with Gasteiger partial charge in [0.15, 0.2) is 6.67 Å². The van der Waals surface area contributed by atoms with E-state index in [9.17, 15) is 9.18 Å². The van der Waals surface area contributed by atoms with E-state index in [1.54, 1.807) is 12.1 Å². The molecule has 0 aliphatic carbocycles. The average molecular weight is 196 g/mol. The van der Waals surface area contributed by atoms with Gasteiger partial charge in [-0.2, -0.15) is 0 Å². The third-order valence-electron chi connectivity index (χ3n) is 1.84. The molecule has 0 aliphatic heterocycles. The lowest BCUT2D eigenvalue weighted by Gasteiger charge is -2.03. The van der Waals surface area contributed by atoms with E-state index in [-0.39, 0.29) is 0 Å². The third kappa shape index (κ3) is 3.43. The standard InChI is InChI=1S/C10H13FN2O/c11-7-10(14)13-6-5-8-1-3-9(12)4-2-8/h1-4H,5-7,12H2,(H,13,14). The summed E-state index contributed by atoms with van der Waals surface area (Å²) in [5.41, 5.74) is 7.28. The molecule has 3 nitrogen and oxygen atoms in total. The van der Waals surface area contributed by atoms with Gasteiger partial charge in [-0.1, -0.05) is 12.1 Å². The number of nitrogen functional groups attached to an aromatic ring is 1. The summed E-state index contributed by atoms with van der Waals surface area (Å²) >= 11 is 0. The van der Waals surface area contributed by atoms with Crippen LogP contribution < -0.4 is 11.1 Å². The van der Waals surface area contributed by atoms with Crippen LogP contribution in [-0.2, 0) is 11.2 Å². The topological polar surface area (TPSA) is 55.1 Å². The van der Waals surface area contributed by atoms with E-state index in [4.69, 9.17) is 5.73 Å². The van der Waals surface area contributed by atoms with Crippen molar-refractivity contribution >= 4 is 11.6 Å². The molecular formula is C10H13FN2O. The van der Waals surface area contributed by atoms with Crippen molar-refractivity contribution in [3.8, 4) is 0 Å². The second kappa shape index (κ2) is 5.21. The quantitative estimate of drug-likeness (QED) is 0.703. The van der Waals surface area contributed by atoms with Gasteiger partial charge in [-0.25, -0.2) is 4.39 Å². The number of hydrogen-bond donors (Lipinski definition) is 2. The highest BCUT2D eigenvalue weighted by Crippen LogP contribution is 2.05. The zero-order valence-electron chi connectivity index (χ0n) is 7.79. The molecule has 0 atom stereocenters. The number of benzene rings is 1. The number of rotatable bonds is 4. The molecule has 0 aromatic heterocycles. The van der Waals surface area contributed by atoms with Gasteiger partial charge in [0, 0.05) is 12.2 Å². The van der Waals surface area contributed by atoms with Gasteiger partial charge in [0.2, 0.25) is 0 Å². The Morgan fingerprint density at radius 3 is 2.57 bits per heavy atom. The maximum atomic E-state index is 11.7.